The molecule has 2 aromatic carbocycles. The van der Waals surface area contributed by atoms with Crippen LogP contribution >= 0.6 is 0 Å². The molecule has 29 heavy (non-hydrogen) atoms. The van der Waals surface area contributed by atoms with Crippen LogP contribution in [0.3, 0.4) is 0 Å². The lowest BCUT2D eigenvalue weighted by Crippen LogP contribution is -2.08. The highest BCUT2D eigenvalue weighted by Crippen LogP contribution is 2.31. The molecule has 0 spiro atoms. The van der Waals surface area contributed by atoms with Crippen molar-refractivity contribution >= 4 is 5.97 Å². The smallest absolute Gasteiger partial charge is 0.358 e. The minimum absolute atomic E-state index is 0.0873. The van der Waals surface area contributed by atoms with Gasteiger partial charge in [0.2, 0.25) is 0 Å². The van der Waals surface area contributed by atoms with E-state index in [1.165, 1.54) is 6.20 Å². The predicted molar refractivity (Wildman–Crippen MR) is 106 cm³/mol. The number of nitrogens with zero attached hydrogens (tertiary/aromatic N) is 1. The second-order valence-corrected chi connectivity index (χ2v) is 6.07. The lowest BCUT2D eigenvalue weighted by atomic mass is 10.2. The van der Waals surface area contributed by atoms with E-state index >= 15 is 0 Å². The number of pyridine rings is 1. The summed E-state index contributed by atoms with van der Waals surface area (Å²) < 4.78 is 21.9. The topological polar surface area (TPSA) is 87.1 Å². The van der Waals surface area contributed by atoms with E-state index in [-0.39, 0.29) is 24.7 Å². The van der Waals surface area contributed by atoms with Crippen LogP contribution in [0.5, 0.6) is 23.0 Å². The molecule has 7 nitrogen and oxygen atoms in total. The SMILES string of the molecule is COc1ccc(COc2ccnc(C(=O)O)c2OCc2ccc(OC)cc2)cc1. The van der Waals surface area contributed by atoms with Crippen LogP contribution in [0.15, 0.2) is 60.8 Å². The Labute approximate surface area is 168 Å². The second kappa shape index (κ2) is 9.45. The first-order valence-electron chi connectivity index (χ1n) is 8.84. The molecule has 1 N–H and O–H groups in total. The molecule has 0 bridgehead atoms. The van der Waals surface area contributed by atoms with Gasteiger partial charge in [0.25, 0.3) is 0 Å². The molecular formula is C22H21NO6. The molecule has 0 radical (unpaired) electrons. The Balaban J connectivity index is 1.76. The fourth-order valence-corrected chi connectivity index (χ4v) is 2.60. The monoisotopic (exact) mass is 395 g/mol. The van der Waals surface area contributed by atoms with Gasteiger partial charge in [0.15, 0.2) is 17.2 Å². The van der Waals surface area contributed by atoms with Gasteiger partial charge in [-0.15, -0.1) is 0 Å². The number of methoxy groups -OCH3 is 2. The van der Waals surface area contributed by atoms with Crippen LogP contribution in [-0.4, -0.2) is 30.3 Å². The van der Waals surface area contributed by atoms with Crippen LogP contribution in [0.4, 0.5) is 0 Å². The first-order valence-corrected chi connectivity index (χ1v) is 8.84. The number of rotatable bonds is 9. The van der Waals surface area contributed by atoms with Crippen molar-refractivity contribution in [1.82, 2.24) is 4.98 Å². The third-order valence-electron chi connectivity index (χ3n) is 4.17. The third kappa shape index (κ3) is 5.16. The first kappa shape index (κ1) is 20.0. The summed E-state index contributed by atoms with van der Waals surface area (Å²) in [6, 6.07) is 16.3. The Morgan fingerprint density at radius 2 is 1.34 bits per heavy atom. The van der Waals surface area contributed by atoms with Crippen molar-refractivity contribution in [2.75, 3.05) is 14.2 Å². The van der Waals surface area contributed by atoms with Crippen molar-refractivity contribution in [3.8, 4) is 23.0 Å². The molecule has 3 rings (SSSR count). The lowest BCUT2D eigenvalue weighted by molar-refractivity contribution is 0.0683. The summed E-state index contributed by atoms with van der Waals surface area (Å²) in [4.78, 5) is 15.5. The molecule has 0 aliphatic heterocycles. The highest BCUT2D eigenvalue weighted by atomic mass is 16.5. The van der Waals surface area contributed by atoms with Crippen molar-refractivity contribution in [2.45, 2.75) is 13.2 Å². The molecule has 0 saturated heterocycles. The molecule has 3 aromatic rings. The summed E-state index contributed by atoms with van der Waals surface area (Å²) in [7, 11) is 3.19. The number of hydrogen-bond donors (Lipinski definition) is 1. The first-order chi connectivity index (χ1) is 14.1. The maximum atomic E-state index is 11.6. The number of aromatic nitrogens is 1. The summed E-state index contributed by atoms with van der Waals surface area (Å²) in [6.45, 7) is 0.404. The molecule has 150 valence electrons. The van der Waals surface area contributed by atoms with E-state index in [4.69, 9.17) is 18.9 Å². The van der Waals surface area contributed by atoms with Gasteiger partial charge in [-0.3, -0.25) is 0 Å². The zero-order valence-electron chi connectivity index (χ0n) is 16.1. The normalized spacial score (nSPS) is 10.3. The Bertz CT molecular complexity index is 954. The van der Waals surface area contributed by atoms with E-state index in [0.29, 0.717) is 5.75 Å². The Kier molecular flexibility index (Phi) is 6.52. The maximum absolute atomic E-state index is 11.6. The molecular weight excluding hydrogens is 374 g/mol. The van der Waals surface area contributed by atoms with Crippen LogP contribution in [0, 0.1) is 0 Å². The fourth-order valence-electron chi connectivity index (χ4n) is 2.60. The number of carboxylic acid groups (broad SMARTS) is 1. The molecule has 0 unspecified atom stereocenters. The van der Waals surface area contributed by atoms with Crippen molar-refractivity contribution < 1.29 is 28.8 Å². The van der Waals surface area contributed by atoms with Crippen LogP contribution in [0.1, 0.15) is 21.6 Å². The molecule has 1 aromatic heterocycles. The minimum atomic E-state index is -1.19. The van der Waals surface area contributed by atoms with Gasteiger partial charge in [-0.2, -0.15) is 0 Å². The minimum Gasteiger partial charge on any atom is -0.497 e. The zero-order valence-corrected chi connectivity index (χ0v) is 16.1. The van der Waals surface area contributed by atoms with E-state index in [0.717, 1.165) is 22.6 Å². The quantitative estimate of drug-likeness (QED) is 0.587. The fraction of sp³-hybridized carbons (Fsp3) is 0.182. The van der Waals surface area contributed by atoms with Crippen LogP contribution in [-0.2, 0) is 13.2 Å². The van der Waals surface area contributed by atoms with E-state index in [1.807, 2.05) is 36.4 Å². The molecule has 0 saturated carbocycles. The third-order valence-corrected chi connectivity index (χ3v) is 4.17. The molecule has 1 heterocycles. The number of hydrogen-bond acceptors (Lipinski definition) is 6. The Hall–Kier alpha value is -3.74. The van der Waals surface area contributed by atoms with Crippen molar-refractivity contribution in [1.29, 1.82) is 0 Å². The standard InChI is InChI=1S/C22H21NO6/c1-26-17-7-3-15(4-8-17)13-28-19-11-12-23-20(22(24)25)21(19)29-14-16-5-9-18(27-2)10-6-16/h3-12H,13-14H2,1-2H3,(H,24,25). The largest absolute Gasteiger partial charge is 0.497 e. The van der Waals surface area contributed by atoms with Crippen LogP contribution < -0.4 is 18.9 Å². The molecule has 0 aliphatic rings. The molecule has 0 amide bonds. The van der Waals surface area contributed by atoms with Gasteiger partial charge in [0.05, 0.1) is 14.2 Å². The van der Waals surface area contributed by atoms with Gasteiger partial charge < -0.3 is 24.1 Å². The summed E-state index contributed by atoms with van der Waals surface area (Å²) in [5, 5.41) is 9.47. The number of carbonyl (C=O) groups is 1. The van der Waals surface area contributed by atoms with E-state index < -0.39 is 5.97 Å². The number of carboxylic acids is 1. The van der Waals surface area contributed by atoms with Crippen molar-refractivity contribution in [3.63, 3.8) is 0 Å². The highest BCUT2D eigenvalue weighted by Gasteiger charge is 2.19. The van der Waals surface area contributed by atoms with Crippen molar-refractivity contribution in [2.24, 2.45) is 0 Å². The van der Waals surface area contributed by atoms with Crippen LogP contribution in [0.25, 0.3) is 0 Å². The van der Waals surface area contributed by atoms with Gasteiger partial charge >= 0.3 is 5.97 Å². The molecule has 7 heteroatoms. The van der Waals surface area contributed by atoms with E-state index in [9.17, 15) is 9.90 Å². The van der Waals surface area contributed by atoms with Gasteiger partial charge in [-0.25, -0.2) is 9.78 Å². The summed E-state index contributed by atoms with van der Waals surface area (Å²) >= 11 is 0. The Morgan fingerprint density at radius 1 is 0.828 bits per heavy atom. The summed E-state index contributed by atoms with van der Waals surface area (Å²) in [5.74, 6) is 0.676. The number of benzene rings is 2. The summed E-state index contributed by atoms with van der Waals surface area (Å²) in [6.07, 6.45) is 1.38. The van der Waals surface area contributed by atoms with Gasteiger partial charge in [-0.05, 0) is 35.4 Å². The summed E-state index contributed by atoms with van der Waals surface area (Å²) in [5.41, 5.74) is 1.55. The van der Waals surface area contributed by atoms with E-state index in [2.05, 4.69) is 4.98 Å². The van der Waals surface area contributed by atoms with Gasteiger partial charge in [0.1, 0.15) is 24.7 Å². The lowest BCUT2D eigenvalue weighted by Gasteiger charge is -2.14. The number of aromatic carboxylic acids is 1. The zero-order chi connectivity index (χ0) is 20.6. The molecule has 0 fully saturated rings. The predicted octanol–water partition coefficient (Wildman–Crippen LogP) is 3.96. The maximum Gasteiger partial charge on any atom is 0.358 e. The molecule has 0 atom stereocenters. The second-order valence-electron chi connectivity index (χ2n) is 6.07. The Morgan fingerprint density at radius 3 is 1.83 bits per heavy atom. The average molecular weight is 395 g/mol. The van der Waals surface area contributed by atoms with Gasteiger partial charge in [-0.1, -0.05) is 24.3 Å². The van der Waals surface area contributed by atoms with Crippen molar-refractivity contribution in [3.05, 3.63) is 77.6 Å². The average Bonchev–Trinajstić information content (AvgIpc) is 2.77. The highest BCUT2D eigenvalue weighted by molar-refractivity contribution is 5.89. The number of ether oxygens (including phenoxy) is 4. The van der Waals surface area contributed by atoms with Crippen LogP contribution in [0.2, 0.25) is 0 Å². The molecule has 0 aliphatic carbocycles. The van der Waals surface area contributed by atoms with E-state index in [1.54, 1.807) is 32.4 Å². The van der Waals surface area contributed by atoms with Gasteiger partial charge in [0, 0.05) is 12.3 Å².